The van der Waals surface area contributed by atoms with Gasteiger partial charge in [-0.2, -0.15) is 0 Å². The van der Waals surface area contributed by atoms with Crippen molar-refractivity contribution in [3.8, 4) is 12.3 Å². The molecule has 0 heterocycles. The zero-order valence-corrected chi connectivity index (χ0v) is 8.43. The lowest BCUT2D eigenvalue weighted by Gasteiger charge is -2.01. The molecule has 0 unspecified atom stereocenters. The van der Waals surface area contributed by atoms with Crippen molar-refractivity contribution in [2.45, 2.75) is 6.92 Å². The molecule has 0 saturated heterocycles. The summed E-state index contributed by atoms with van der Waals surface area (Å²) in [5, 5.41) is 3.71. The predicted octanol–water partition coefficient (Wildman–Crippen LogP) is 1.63. The Labute approximate surface area is 88.7 Å². The van der Waals surface area contributed by atoms with Crippen molar-refractivity contribution in [2.75, 3.05) is 6.61 Å². The van der Waals surface area contributed by atoms with Crippen LogP contribution in [-0.4, -0.2) is 18.1 Å². The van der Waals surface area contributed by atoms with E-state index in [0.717, 1.165) is 5.56 Å². The van der Waals surface area contributed by atoms with Gasteiger partial charge in [-0.3, -0.25) is 4.79 Å². The Bertz CT molecular complexity index is 401. The number of terminal acetylenes is 1. The van der Waals surface area contributed by atoms with E-state index < -0.39 is 0 Å². The molecule has 0 aliphatic heterocycles. The molecule has 15 heavy (non-hydrogen) atoms. The van der Waals surface area contributed by atoms with Gasteiger partial charge in [0.15, 0.2) is 18.1 Å². The molecule has 0 aliphatic rings. The third-order valence-electron chi connectivity index (χ3n) is 1.68. The fraction of sp³-hybridized carbons (Fsp3) is 0.167. The number of carbonyl (C=O) groups excluding carboxylic acids is 1. The molecule has 76 valence electrons. The first-order chi connectivity index (χ1) is 7.25. The smallest absolute Gasteiger partial charge is 0.182 e. The Hall–Kier alpha value is -2.08. The summed E-state index contributed by atoms with van der Waals surface area (Å²) in [5.41, 5.74) is 1.01. The van der Waals surface area contributed by atoms with Gasteiger partial charge in [-0.15, -0.1) is 6.42 Å². The van der Waals surface area contributed by atoms with Crippen molar-refractivity contribution in [1.82, 2.24) is 0 Å². The van der Waals surface area contributed by atoms with Crippen molar-refractivity contribution in [3.63, 3.8) is 0 Å². The van der Waals surface area contributed by atoms with Gasteiger partial charge in [-0.05, 0) is 0 Å². The number of ketones is 1. The summed E-state index contributed by atoms with van der Waals surface area (Å²) in [5.74, 6) is 2.12. The molecule has 0 spiro atoms. The van der Waals surface area contributed by atoms with E-state index in [1.54, 1.807) is 12.1 Å². The molecule has 0 atom stereocenters. The molecule has 0 aliphatic carbocycles. The lowest BCUT2D eigenvalue weighted by atomic mass is 10.1. The minimum Gasteiger partial charge on any atom is -0.382 e. The number of benzene rings is 1. The van der Waals surface area contributed by atoms with Gasteiger partial charge >= 0.3 is 0 Å². The molecule has 0 radical (unpaired) electrons. The van der Waals surface area contributed by atoms with Crippen LogP contribution in [0.3, 0.4) is 0 Å². The Morgan fingerprint density at radius 1 is 1.47 bits per heavy atom. The average molecular weight is 201 g/mol. The van der Waals surface area contributed by atoms with E-state index in [4.69, 9.17) is 11.3 Å². The van der Waals surface area contributed by atoms with Crippen LogP contribution < -0.4 is 0 Å². The fourth-order valence-electron chi connectivity index (χ4n) is 1.05. The maximum Gasteiger partial charge on any atom is 0.182 e. The minimum absolute atomic E-state index is 0.0591. The number of hydrogen-bond acceptors (Lipinski definition) is 3. The molecule has 1 aromatic carbocycles. The fourth-order valence-corrected chi connectivity index (χ4v) is 1.05. The van der Waals surface area contributed by atoms with Gasteiger partial charge in [0, 0.05) is 12.5 Å². The van der Waals surface area contributed by atoms with Crippen molar-refractivity contribution < 1.29 is 9.63 Å². The predicted molar refractivity (Wildman–Crippen MR) is 58.4 cm³/mol. The van der Waals surface area contributed by atoms with E-state index in [2.05, 4.69) is 11.1 Å². The zero-order valence-electron chi connectivity index (χ0n) is 8.43. The molecular formula is C12H11NO2. The highest BCUT2D eigenvalue weighted by Gasteiger charge is 2.08. The van der Waals surface area contributed by atoms with Crippen molar-refractivity contribution in [1.29, 1.82) is 0 Å². The van der Waals surface area contributed by atoms with Crippen LogP contribution >= 0.6 is 0 Å². The molecule has 0 fully saturated rings. The molecule has 0 saturated carbocycles. The third-order valence-corrected chi connectivity index (χ3v) is 1.68. The van der Waals surface area contributed by atoms with Gasteiger partial charge in [-0.1, -0.05) is 41.4 Å². The number of rotatable bonds is 4. The third kappa shape index (κ3) is 3.28. The van der Waals surface area contributed by atoms with E-state index >= 15 is 0 Å². The van der Waals surface area contributed by atoms with Crippen LogP contribution in [0.1, 0.15) is 12.5 Å². The van der Waals surface area contributed by atoms with Gasteiger partial charge < -0.3 is 4.84 Å². The highest BCUT2D eigenvalue weighted by molar-refractivity contribution is 6.45. The molecule has 0 N–H and O–H groups in total. The highest BCUT2D eigenvalue weighted by atomic mass is 16.6. The maximum atomic E-state index is 11.3. The van der Waals surface area contributed by atoms with Crippen LogP contribution in [0.2, 0.25) is 0 Å². The number of hydrogen-bond donors (Lipinski definition) is 0. The van der Waals surface area contributed by atoms with E-state index in [-0.39, 0.29) is 18.1 Å². The van der Waals surface area contributed by atoms with Crippen LogP contribution in [0, 0.1) is 12.3 Å². The molecular weight excluding hydrogens is 190 g/mol. The molecule has 0 amide bonds. The highest BCUT2D eigenvalue weighted by Crippen LogP contribution is 2.02. The quantitative estimate of drug-likeness (QED) is 0.321. The summed E-state index contributed by atoms with van der Waals surface area (Å²) in [6.07, 6.45) is 5.00. The van der Waals surface area contributed by atoms with Gasteiger partial charge in [-0.25, -0.2) is 0 Å². The Morgan fingerprint density at radius 2 is 2.13 bits per heavy atom. The SMILES string of the molecule is C#CCO/N=C(/C(C)=O)c1ccccc1. The summed E-state index contributed by atoms with van der Waals surface area (Å²) >= 11 is 0. The lowest BCUT2D eigenvalue weighted by molar-refractivity contribution is -0.111. The van der Waals surface area contributed by atoms with Crippen molar-refractivity contribution in [3.05, 3.63) is 35.9 Å². The van der Waals surface area contributed by atoms with Crippen LogP contribution in [0.5, 0.6) is 0 Å². The van der Waals surface area contributed by atoms with Gasteiger partial charge in [0.05, 0.1) is 0 Å². The molecule has 3 heteroatoms. The van der Waals surface area contributed by atoms with Crippen LogP contribution in [0.25, 0.3) is 0 Å². The Balaban J connectivity index is 2.90. The van der Waals surface area contributed by atoms with Crippen LogP contribution in [-0.2, 0) is 9.63 Å². The summed E-state index contributed by atoms with van der Waals surface area (Å²) in [6, 6.07) is 9.10. The van der Waals surface area contributed by atoms with Gasteiger partial charge in [0.2, 0.25) is 0 Å². The van der Waals surface area contributed by atoms with Crippen LogP contribution in [0.15, 0.2) is 35.5 Å². The first kappa shape index (κ1) is 11.0. The monoisotopic (exact) mass is 201 g/mol. The Kier molecular flexibility index (Phi) is 4.11. The second-order valence-electron chi connectivity index (χ2n) is 2.84. The largest absolute Gasteiger partial charge is 0.382 e. The van der Waals surface area contributed by atoms with E-state index in [9.17, 15) is 4.79 Å². The minimum atomic E-state index is -0.154. The second kappa shape index (κ2) is 5.61. The average Bonchev–Trinajstić information content (AvgIpc) is 2.25. The van der Waals surface area contributed by atoms with E-state index in [0.29, 0.717) is 0 Å². The molecule has 1 aromatic rings. The molecule has 0 aromatic heterocycles. The molecule has 3 nitrogen and oxygen atoms in total. The number of carbonyl (C=O) groups is 1. The van der Waals surface area contributed by atoms with Crippen LogP contribution in [0.4, 0.5) is 0 Å². The first-order valence-corrected chi connectivity index (χ1v) is 4.45. The number of oxime groups is 1. The first-order valence-electron chi connectivity index (χ1n) is 4.45. The molecule has 0 bridgehead atoms. The van der Waals surface area contributed by atoms with Gasteiger partial charge in [0.25, 0.3) is 0 Å². The normalized spacial score (nSPS) is 10.5. The van der Waals surface area contributed by atoms with Gasteiger partial charge in [0.1, 0.15) is 0 Å². The lowest BCUT2D eigenvalue weighted by Crippen LogP contribution is -2.12. The maximum absolute atomic E-state index is 11.3. The standard InChI is InChI=1S/C12H11NO2/c1-3-9-15-13-12(10(2)14)11-7-5-4-6-8-11/h1,4-8H,9H2,2H3/b13-12-. The Morgan fingerprint density at radius 3 is 2.67 bits per heavy atom. The number of nitrogens with zero attached hydrogens (tertiary/aromatic N) is 1. The topological polar surface area (TPSA) is 38.7 Å². The zero-order chi connectivity index (χ0) is 11.1. The molecule has 1 rings (SSSR count). The number of Topliss-reactive ketones (excluding diaryl/α,β-unsaturated/α-hetero) is 1. The van der Waals surface area contributed by atoms with E-state index in [1.807, 2.05) is 18.2 Å². The van der Waals surface area contributed by atoms with Crippen molar-refractivity contribution >= 4 is 11.5 Å². The van der Waals surface area contributed by atoms with E-state index in [1.165, 1.54) is 6.92 Å². The van der Waals surface area contributed by atoms with Crippen molar-refractivity contribution in [2.24, 2.45) is 5.16 Å². The summed E-state index contributed by atoms with van der Waals surface area (Å²) < 4.78 is 0. The second-order valence-corrected chi connectivity index (χ2v) is 2.84. The summed E-state index contributed by atoms with van der Waals surface area (Å²) in [6.45, 7) is 1.49. The summed E-state index contributed by atoms with van der Waals surface area (Å²) in [4.78, 5) is 16.1. The summed E-state index contributed by atoms with van der Waals surface area (Å²) in [7, 11) is 0.